The molecule has 1 fully saturated rings. The Morgan fingerprint density at radius 3 is 2.55 bits per heavy atom. The molecule has 3 heterocycles. The highest BCUT2D eigenvalue weighted by Crippen LogP contribution is 2.35. The van der Waals surface area contributed by atoms with Gasteiger partial charge in [0.1, 0.15) is 0 Å². The van der Waals surface area contributed by atoms with Crippen molar-refractivity contribution in [2.75, 3.05) is 23.4 Å². The number of anilines is 2. The molecule has 0 bridgehead atoms. The van der Waals surface area contributed by atoms with E-state index in [1.165, 1.54) is 11.3 Å². The SMILES string of the molecule is [C-]#[N+]c1ccc2c(n1)c(N1C[C@H](C)C(N(C)c3ccc(C)cc3)C[C@@H]1C)cc(=O)n2C. The van der Waals surface area contributed by atoms with Crippen molar-refractivity contribution >= 4 is 28.2 Å². The Morgan fingerprint density at radius 2 is 1.87 bits per heavy atom. The topological polar surface area (TPSA) is 45.7 Å². The number of pyridine rings is 2. The van der Waals surface area contributed by atoms with Gasteiger partial charge in [-0.3, -0.25) is 4.79 Å². The zero-order chi connectivity index (χ0) is 22.3. The highest BCUT2D eigenvalue weighted by Gasteiger charge is 2.35. The van der Waals surface area contributed by atoms with E-state index in [4.69, 9.17) is 6.57 Å². The number of aryl methyl sites for hydroxylation is 2. The standard InChI is InChI=1S/C25H29N5O/c1-16-7-9-19(10-8-16)28(5)21-13-18(3)30(15-17(21)2)22-14-24(31)29(6)20-11-12-23(26-4)27-25(20)22/h7-12,14,17-18,21H,13,15H2,1-3,5-6H3/t17-,18-,21?/m0/s1. The summed E-state index contributed by atoms with van der Waals surface area (Å²) in [5.41, 5.74) is 4.74. The first-order valence-corrected chi connectivity index (χ1v) is 10.7. The molecule has 3 atom stereocenters. The summed E-state index contributed by atoms with van der Waals surface area (Å²) < 4.78 is 1.60. The van der Waals surface area contributed by atoms with E-state index < -0.39 is 0 Å². The molecule has 1 aliphatic heterocycles. The lowest BCUT2D eigenvalue weighted by Gasteiger charge is -2.46. The van der Waals surface area contributed by atoms with Crippen LogP contribution in [0.25, 0.3) is 15.9 Å². The number of fused-ring (bicyclic) bond motifs is 1. The van der Waals surface area contributed by atoms with E-state index in [0.717, 1.165) is 29.7 Å². The van der Waals surface area contributed by atoms with Crippen molar-refractivity contribution in [3.63, 3.8) is 0 Å². The molecule has 160 valence electrons. The fraction of sp³-hybridized carbons (Fsp3) is 0.400. The normalized spacial score (nSPS) is 21.2. The van der Waals surface area contributed by atoms with Crippen LogP contribution in [-0.4, -0.2) is 35.2 Å². The van der Waals surface area contributed by atoms with E-state index in [2.05, 4.69) is 71.7 Å². The highest BCUT2D eigenvalue weighted by molar-refractivity contribution is 5.89. The van der Waals surface area contributed by atoms with E-state index in [0.29, 0.717) is 17.8 Å². The van der Waals surface area contributed by atoms with Gasteiger partial charge < -0.3 is 19.2 Å². The zero-order valence-corrected chi connectivity index (χ0v) is 18.8. The van der Waals surface area contributed by atoms with Gasteiger partial charge in [-0.2, -0.15) is 0 Å². The summed E-state index contributed by atoms with van der Waals surface area (Å²) in [5, 5.41) is 0. The van der Waals surface area contributed by atoms with Crippen LogP contribution in [0.4, 0.5) is 17.2 Å². The van der Waals surface area contributed by atoms with Crippen LogP contribution in [0.1, 0.15) is 25.8 Å². The summed E-state index contributed by atoms with van der Waals surface area (Å²) in [6.07, 6.45) is 0.977. The molecule has 0 amide bonds. The van der Waals surface area contributed by atoms with E-state index in [-0.39, 0.29) is 11.6 Å². The van der Waals surface area contributed by atoms with Gasteiger partial charge in [0.2, 0.25) is 5.52 Å². The minimum Gasteiger partial charge on any atom is -0.371 e. The molecule has 1 aliphatic rings. The lowest BCUT2D eigenvalue weighted by atomic mass is 9.87. The number of benzene rings is 1. The molecule has 6 nitrogen and oxygen atoms in total. The second-order valence-corrected chi connectivity index (χ2v) is 8.80. The van der Waals surface area contributed by atoms with Crippen LogP contribution >= 0.6 is 0 Å². The summed E-state index contributed by atoms with van der Waals surface area (Å²) in [6.45, 7) is 14.8. The van der Waals surface area contributed by atoms with Crippen LogP contribution in [0.5, 0.6) is 0 Å². The largest absolute Gasteiger partial charge is 0.371 e. The quantitative estimate of drug-likeness (QED) is 0.590. The maximum atomic E-state index is 12.7. The molecule has 0 radical (unpaired) electrons. The molecular formula is C25H29N5O. The Hall–Kier alpha value is -3.33. The van der Waals surface area contributed by atoms with Gasteiger partial charge in [0.25, 0.3) is 11.4 Å². The van der Waals surface area contributed by atoms with E-state index in [1.54, 1.807) is 23.7 Å². The first kappa shape index (κ1) is 20.9. The Balaban J connectivity index is 1.69. The third kappa shape index (κ3) is 3.76. The Morgan fingerprint density at radius 1 is 1.16 bits per heavy atom. The Bertz CT molecular complexity index is 1210. The molecular weight excluding hydrogens is 386 g/mol. The number of nitrogens with zero attached hydrogens (tertiary/aromatic N) is 5. The van der Waals surface area contributed by atoms with Gasteiger partial charge in [0.15, 0.2) is 0 Å². The molecule has 1 unspecified atom stereocenters. The number of hydrogen-bond donors (Lipinski definition) is 0. The molecule has 0 aliphatic carbocycles. The Labute approximate surface area is 183 Å². The van der Waals surface area contributed by atoms with Crippen molar-refractivity contribution in [2.24, 2.45) is 13.0 Å². The van der Waals surface area contributed by atoms with Gasteiger partial charge in [-0.05, 0) is 50.5 Å². The van der Waals surface area contributed by atoms with Crippen molar-refractivity contribution in [2.45, 2.75) is 39.3 Å². The highest BCUT2D eigenvalue weighted by atomic mass is 16.1. The van der Waals surface area contributed by atoms with Crippen LogP contribution in [0.2, 0.25) is 0 Å². The van der Waals surface area contributed by atoms with Crippen molar-refractivity contribution in [3.8, 4) is 0 Å². The number of hydrogen-bond acceptors (Lipinski definition) is 4. The maximum Gasteiger partial charge on any atom is 0.270 e. The molecule has 0 N–H and O–H groups in total. The van der Waals surface area contributed by atoms with Gasteiger partial charge in [-0.15, -0.1) is 4.98 Å². The van der Waals surface area contributed by atoms with Crippen molar-refractivity contribution < 1.29 is 0 Å². The van der Waals surface area contributed by atoms with Crippen LogP contribution in [0, 0.1) is 19.4 Å². The van der Waals surface area contributed by atoms with Crippen molar-refractivity contribution in [1.29, 1.82) is 0 Å². The number of rotatable bonds is 3. The molecule has 1 aromatic carbocycles. The van der Waals surface area contributed by atoms with Gasteiger partial charge >= 0.3 is 0 Å². The average molecular weight is 416 g/mol. The zero-order valence-electron chi connectivity index (χ0n) is 18.8. The van der Waals surface area contributed by atoms with Crippen molar-refractivity contribution in [3.05, 3.63) is 69.8 Å². The fourth-order valence-electron chi connectivity index (χ4n) is 4.75. The first-order chi connectivity index (χ1) is 14.8. The van der Waals surface area contributed by atoms with Crippen LogP contribution < -0.4 is 15.4 Å². The lowest BCUT2D eigenvalue weighted by Crippen LogP contribution is -2.53. The predicted molar refractivity (Wildman–Crippen MR) is 127 cm³/mol. The van der Waals surface area contributed by atoms with Crippen molar-refractivity contribution in [1.82, 2.24) is 9.55 Å². The molecule has 1 saturated heterocycles. The summed E-state index contributed by atoms with van der Waals surface area (Å²) in [7, 11) is 3.92. The van der Waals surface area contributed by atoms with Crippen LogP contribution in [0.15, 0.2) is 47.3 Å². The van der Waals surface area contributed by atoms with Gasteiger partial charge in [-0.1, -0.05) is 31.2 Å². The monoisotopic (exact) mass is 415 g/mol. The molecule has 3 aromatic rings. The third-order valence-corrected chi connectivity index (χ3v) is 6.67. The Kier molecular flexibility index (Phi) is 5.45. The lowest BCUT2D eigenvalue weighted by molar-refractivity contribution is 0.328. The van der Waals surface area contributed by atoms with Gasteiger partial charge in [-0.25, -0.2) is 0 Å². The van der Waals surface area contributed by atoms with E-state index >= 15 is 0 Å². The minimum absolute atomic E-state index is 0.0568. The fourth-order valence-corrected chi connectivity index (χ4v) is 4.75. The summed E-state index contributed by atoms with van der Waals surface area (Å²) in [6, 6.07) is 14.5. The van der Waals surface area contributed by atoms with Crippen LogP contribution in [0.3, 0.4) is 0 Å². The molecule has 2 aromatic heterocycles. The maximum absolute atomic E-state index is 12.7. The summed E-state index contributed by atoms with van der Waals surface area (Å²) in [4.78, 5) is 25.4. The molecule has 0 spiro atoms. The molecule has 31 heavy (non-hydrogen) atoms. The smallest absolute Gasteiger partial charge is 0.270 e. The van der Waals surface area contributed by atoms with E-state index in [1.807, 2.05) is 6.07 Å². The number of piperidine rings is 1. The second kappa shape index (κ2) is 8.07. The van der Waals surface area contributed by atoms with Gasteiger partial charge in [0.05, 0.1) is 11.2 Å². The third-order valence-electron chi connectivity index (χ3n) is 6.67. The van der Waals surface area contributed by atoms with E-state index in [9.17, 15) is 4.79 Å². The summed E-state index contributed by atoms with van der Waals surface area (Å²) >= 11 is 0. The number of aromatic nitrogens is 2. The molecule has 6 heteroatoms. The van der Waals surface area contributed by atoms with Gasteiger partial charge in [0, 0.05) is 44.5 Å². The molecule has 4 rings (SSSR count). The second-order valence-electron chi connectivity index (χ2n) is 8.80. The first-order valence-electron chi connectivity index (χ1n) is 10.7. The summed E-state index contributed by atoms with van der Waals surface area (Å²) in [5.74, 6) is 0.743. The molecule has 0 saturated carbocycles. The predicted octanol–water partition coefficient (Wildman–Crippen LogP) is 4.53. The average Bonchev–Trinajstić information content (AvgIpc) is 2.77. The minimum atomic E-state index is -0.0568. The van der Waals surface area contributed by atoms with Crippen LogP contribution in [-0.2, 0) is 7.05 Å².